The van der Waals surface area contributed by atoms with Crippen molar-refractivity contribution in [2.24, 2.45) is 5.41 Å². The van der Waals surface area contributed by atoms with E-state index in [0.717, 1.165) is 11.8 Å². The number of terminal acetylenes is 1. The number of halogens is 1. The third-order valence-electron chi connectivity index (χ3n) is 1.73. The fraction of sp³-hybridized carbons (Fsp3) is 0.714. The van der Waals surface area contributed by atoms with Gasteiger partial charge < -0.3 is 0 Å². The standard InChI is InChI=1S/C7H9Br/c1-2-7(3-4-7)5-6-8/h1H,3-6H2. The Bertz CT molecular complexity index is 117. The Morgan fingerprint density at radius 1 is 1.62 bits per heavy atom. The van der Waals surface area contributed by atoms with Gasteiger partial charge in [-0.25, -0.2) is 0 Å². The lowest BCUT2D eigenvalue weighted by Crippen LogP contribution is -1.94. The number of hydrogen-bond acceptors (Lipinski definition) is 0. The summed E-state index contributed by atoms with van der Waals surface area (Å²) in [7, 11) is 0. The SMILES string of the molecule is C#CC1(CCBr)CC1. The number of hydrogen-bond donors (Lipinski definition) is 0. The predicted octanol–water partition coefficient (Wildman–Crippen LogP) is 2.18. The molecule has 0 atom stereocenters. The molecule has 0 unspecified atom stereocenters. The van der Waals surface area contributed by atoms with Crippen molar-refractivity contribution in [3.05, 3.63) is 0 Å². The Morgan fingerprint density at radius 3 is 2.38 bits per heavy atom. The predicted molar refractivity (Wildman–Crippen MR) is 38.9 cm³/mol. The van der Waals surface area contributed by atoms with Crippen LogP contribution in [0.4, 0.5) is 0 Å². The highest BCUT2D eigenvalue weighted by Crippen LogP contribution is 2.48. The second-order valence-corrected chi connectivity index (χ2v) is 3.16. The van der Waals surface area contributed by atoms with Gasteiger partial charge in [0, 0.05) is 10.7 Å². The minimum Gasteiger partial charge on any atom is -0.120 e. The summed E-state index contributed by atoms with van der Waals surface area (Å²) in [6, 6.07) is 0. The molecule has 1 fully saturated rings. The van der Waals surface area contributed by atoms with Gasteiger partial charge in [0.05, 0.1) is 0 Å². The van der Waals surface area contributed by atoms with Gasteiger partial charge in [-0.05, 0) is 19.3 Å². The summed E-state index contributed by atoms with van der Waals surface area (Å²) in [5, 5.41) is 1.05. The van der Waals surface area contributed by atoms with Gasteiger partial charge in [0.2, 0.25) is 0 Å². The van der Waals surface area contributed by atoms with Gasteiger partial charge in [0.15, 0.2) is 0 Å². The van der Waals surface area contributed by atoms with Crippen molar-refractivity contribution in [3.8, 4) is 12.3 Å². The van der Waals surface area contributed by atoms with E-state index in [1.807, 2.05) is 0 Å². The smallest absolute Gasteiger partial charge is 0.0321 e. The van der Waals surface area contributed by atoms with Crippen molar-refractivity contribution in [3.63, 3.8) is 0 Å². The fourth-order valence-corrected chi connectivity index (χ4v) is 1.56. The molecule has 1 heteroatoms. The minimum atomic E-state index is 0.323. The van der Waals surface area contributed by atoms with Gasteiger partial charge in [0.1, 0.15) is 0 Å². The molecule has 44 valence electrons. The summed E-state index contributed by atoms with van der Waals surface area (Å²) in [6.07, 6.45) is 8.93. The summed E-state index contributed by atoms with van der Waals surface area (Å²) in [4.78, 5) is 0. The van der Waals surface area contributed by atoms with Gasteiger partial charge in [-0.15, -0.1) is 6.42 Å². The lowest BCUT2D eigenvalue weighted by atomic mass is 10.1. The molecule has 0 spiro atoms. The highest BCUT2D eigenvalue weighted by atomic mass is 79.9. The second kappa shape index (κ2) is 2.11. The lowest BCUT2D eigenvalue weighted by Gasteiger charge is -2.00. The average molecular weight is 173 g/mol. The fourth-order valence-electron chi connectivity index (χ4n) is 0.798. The molecule has 0 aromatic rings. The van der Waals surface area contributed by atoms with Crippen molar-refractivity contribution in [2.75, 3.05) is 5.33 Å². The first-order valence-electron chi connectivity index (χ1n) is 2.87. The molecule has 1 saturated carbocycles. The first-order valence-corrected chi connectivity index (χ1v) is 3.99. The van der Waals surface area contributed by atoms with Crippen molar-refractivity contribution >= 4 is 15.9 Å². The van der Waals surface area contributed by atoms with Crippen molar-refractivity contribution in [1.82, 2.24) is 0 Å². The van der Waals surface area contributed by atoms with Crippen LogP contribution in [0.15, 0.2) is 0 Å². The molecule has 0 aromatic carbocycles. The maximum atomic E-state index is 5.28. The molecule has 0 amide bonds. The molecule has 0 saturated heterocycles. The van der Waals surface area contributed by atoms with E-state index in [1.165, 1.54) is 12.8 Å². The van der Waals surface area contributed by atoms with Crippen molar-refractivity contribution in [2.45, 2.75) is 19.3 Å². The molecular formula is C7H9Br. The number of rotatable bonds is 2. The van der Waals surface area contributed by atoms with Crippen LogP contribution in [-0.4, -0.2) is 5.33 Å². The molecule has 0 aromatic heterocycles. The zero-order chi connectivity index (χ0) is 6.04. The van der Waals surface area contributed by atoms with E-state index < -0.39 is 0 Å². The second-order valence-electron chi connectivity index (χ2n) is 2.36. The van der Waals surface area contributed by atoms with Crippen LogP contribution < -0.4 is 0 Å². The Labute approximate surface area is 58.8 Å². The molecule has 0 aliphatic heterocycles. The summed E-state index contributed by atoms with van der Waals surface area (Å²) >= 11 is 3.37. The Balaban J connectivity index is 2.33. The molecule has 0 N–H and O–H groups in total. The monoisotopic (exact) mass is 172 g/mol. The van der Waals surface area contributed by atoms with Crippen LogP contribution in [0.1, 0.15) is 19.3 Å². The van der Waals surface area contributed by atoms with Crippen LogP contribution in [0.3, 0.4) is 0 Å². The van der Waals surface area contributed by atoms with Crippen LogP contribution in [-0.2, 0) is 0 Å². The summed E-state index contributed by atoms with van der Waals surface area (Å²) in [6.45, 7) is 0. The Kier molecular flexibility index (Phi) is 1.62. The average Bonchev–Trinajstić information content (AvgIpc) is 2.50. The molecule has 1 aliphatic rings. The maximum absolute atomic E-state index is 5.28. The number of alkyl halides is 1. The quantitative estimate of drug-likeness (QED) is 0.443. The first-order chi connectivity index (χ1) is 3.83. The largest absolute Gasteiger partial charge is 0.120 e. The van der Waals surface area contributed by atoms with Crippen LogP contribution in [0.2, 0.25) is 0 Å². The normalized spacial score (nSPS) is 22.0. The molecule has 8 heavy (non-hydrogen) atoms. The van der Waals surface area contributed by atoms with E-state index >= 15 is 0 Å². The molecule has 0 bridgehead atoms. The van der Waals surface area contributed by atoms with E-state index in [2.05, 4.69) is 21.9 Å². The van der Waals surface area contributed by atoms with E-state index in [4.69, 9.17) is 6.42 Å². The maximum Gasteiger partial charge on any atom is 0.0321 e. The molecule has 1 rings (SSSR count). The minimum absolute atomic E-state index is 0.323. The van der Waals surface area contributed by atoms with Crippen LogP contribution in [0.5, 0.6) is 0 Å². The van der Waals surface area contributed by atoms with Crippen LogP contribution in [0, 0.1) is 17.8 Å². The zero-order valence-electron chi connectivity index (χ0n) is 4.78. The Morgan fingerprint density at radius 2 is 2.25 bits per heavy atom. The molecule has 1 aliphatic carbocycles. The Hall–Kier alpha value is 0.0400. The summed E-state index contributed by atoms with van der Waals surface area (Å²) in [5.74, 6) is 2.82. The highest BCUT2D eigenvalue weighted by Gasteiger charge is 2.39. The van der Waals surface area contributed by atoms with Crippen LogP contribution >= 0.6 is 15.9 Å². The molecule has 0 radical (unpaired) electrons. The third kappa shape index (κ3) is 1.06. The zero-order valence-corrected chi connectivity index (χ0v) is 6.37. The van der Waals surface area contributed by atoms with Gasteiger partial charge in [-0.2, -0.15) is 0 Å². The first kappa shape index (κ1) is 6.16. The van der Waals surface area contributed by atoms with Gasteiger partial charge >= 0.3 is 0 Å². The molecule has 0 heterocycles. The highest BCUT2D eigenvalue weighted by molar-refractivity contribution is 9.09. The van der Waals surface area contributed by atoms with Gasteiger partial charge in [0.25, 0.3) is 0 Å². The van der Waals surface area contributed by atoms with Gasteiger partial charge in [-0.1, -0.05) is 21.9 Å². The van der Waals surface area contributed by atoms with E-state index in [1.54, 1.807) is 0 Å². The van der Waals surface area contributed by atoms with E-state index in [9.17, 15) is 0 Å². The van der Waals surface area contributed by atoms with E-state index in [-0.39, 0.29) is 0 Å². The van der Waals surface area contributed by atoms with Crippen molar-refractivity contribution in [1.29, 1.82) is 0 Å². The molecular weight excluding hydrogens is 164 g/mol. The third-order valence-corrected chi connectivity index (χ3v) is 2.13. The summed E-state index contributed by atoms with van der Waals surface area (Å²) < 4.78 is 0. The topological polar surface area (TPSA) is 0 Å². The molecule has 0 nitrogen and oxygen atoms in total. The lowest BCUT2D eigenvalue weighted by molar-refractivity contribution is 0.661. The summed E-state index contributed by atoms with van der Waals surface area (Å²) in [5.41, 5.74) is 0.323. The van der Waals surface area contributed by atoms with Crippen LogP contribution in [0.25, 0.3) is 0 Å². The van der Waals surface area contributed by atoms with Crippen molar-refractivity contribution < 1.29 is 0 Å². The van der Waals surface area contributed by atoms with E-state index in [0.29, 0.717) is 5.41 Å². The van der Waals surface area contributed by atoms with Gasteiger partial charge in [-0.3, -0.25) is 0 Å².